The van der Waals surface area contributed by atoms with Crippen LogP contribution in [0.15, 0.2) is 54.6 Å². The Kier molecular flexibility index (Phi) is 8.89. The van der Waals surface area contributed by atoms with Crippen LogP contribution in [0.4, 0.5) is 13.2 Å². The molecule has 0 saturated carbocycles. The predicted octanol–water partition coefficient (Wildman–Crippen LogP) is 5.89. The van der Waals surface area contributed by atoms with Gasteiger partial charge in [0.05, 0.1) is 5.56 Å². The second-order valence-electron chi connectivity index (χ2n) is 6.90. The number of hydrogen-bond donors (Lipinski definition) is 0. The molecule has 0 aromatic heterocycles. The van der Waals surface area contributed by atoms with Crippen molar-refractivity contribution < 1.29 is 32.2 Å². The van der Waals surface area contributed by atoms with Gasteiger partial charge < -0.3 is 9.47 Å². The number of ketones is 1. The number of esters is 1. The number of hydrogen-bond acceptors (Lipinski definition) is 4. The number of carbonyl (C=O) groups is 2. The molecule has 7 heteroatoms. The van der Waals surface area contributed by atoms with Gasteiger partial charge in [-0.1, -0.05) is 56.5 Å². The van der Waals surface area contributed by atoms with E-state index in [-0.39, 0.29) is 12.0 Å². The predicted molar refractivity (Wildman–Crippen MR) is 106 cm³/mol. The molecule has 0 amide bonds. The summed E-state index contributed by atoms with van der Waals surface area (Å²) in [6, 6.07) is 15.0. The van der Waals surface area contributed by atoms with Crippen molar-refractivity contribution in [3.05, 3.63) is 65.7 Å². The molecule has 0 fully saturated rings. The van der Waals surface area contributed by atoms with E-state index in [9.17, 15) is 22.8 Å². The molecule has 0 spiro atoms. The van der Waals surface area contributed by atoms with Crippen molar-refractivity contribution in [1.29, 1.82) is 0 Å². The van der Waals surface area contributed by atoms with Crippen LogP contribution in [0, 0.1) is 0 Å². The van der Waals surface area contributed by atoms with Gasteiger partial charge in [-0.15, -0.1) is 0 Å². The fourth-order valence-electron chi connectivity index (χ4n) is 2.78. The highest BCUT2D eigenvalue weighted by Crippen LogP contribution is 2.26. The Morgan fingerprint density at radius 3 is 2.20 bits per heavy atom. The topological polar surface area (TPSA) is 52.6 Å². The van der Waals surface area contributed by atoms with Gasteiger partial charge in [0.15, 0.2) is 5.78 Å². The highest BCUT2D eigenvalue weighted by Gasteiger charge is 2.47. The van der Waals surface area contributed by atoms with Crippen molar-refractivity contribution in [3.8, 4) is 5.75 Å². The highest BCUT2D eigenvalue weighted by molar-refractivity contribution is 5.93. The number of ether oxygens (including phenoxy) is 2. The molecule has 0 radical (unpaired) electrons. The van der Waals surface area contributed by atoms with Crippen LogP contribution in [0.1, 0.15) is 54.9 Å². The van der Waals surface area contributed by atoms with Gasteiger partial charge in [0.1, 0.15) is 12.4 Å². The third-order valence-electron chi connectivity index (χ3n) is 4.43. The summed E-state index contributed by atoms with van der Waals surface area (Å²) in [7, 11) is 0. The number of carbonyl (C=O) groups excluding carboxylic acids is 2. The van der Waals surface area contributed by atoms with Gasteiger partial charge in [0.2, 0.25) is 0 Å². The maximum Gasteiger partial charge on any atom is 0.432 e. The van der Waals surface area contributed by atoms with Crippen LogP contribution in [0.25, 0.3) is 0 Å². The maximum atomic E-state index is 13.2. The smallest absolute Gasteiger partial charge is 0.432 e. The van der Waals surface area contributed by atoms with E-state index in [0.29, 0.717) is 25.2 Å². The van der Waals surface area contributed by atoms with E-state index in [1.165, 1.54) is 24.3 Å². The molecule has 2 rings (SSSR count). The molecule has 162 valence electrons. The summed E-state index contributed by atoms with van der Waals surface area (Å²) < 4.78 is 49.8. The molecule has 0 aliphatic carbocycles. The lowest BCUT2D eigenvalue weighted by molar-refractivity contribution is -0.204. The summed E-state index contributed by atoms with van der Waals surface area (Å²) in [6.07, 6.45) is -5.24. The molecular formula is C23H25F3O4. The average Bonchev–Trinajstić information content (AvgIpc) is 2.73. The first-order valence-electron chi connectivity index (χ1n) is 9.88. The molecule has 2 aromatic carbocycles. The number of benzene rings is 2. The van der Waals surface area contributed by atoms with Crippen molar-refractivity contribution in [3.63, 3.8) is 0 Å². The van der Waals surface area contributed by atoms with E-state index in [2.05, 4.69) is 4.74 Å². The van der Waals surface area contributed by atoms with E-state index >= 15 is 0 Å². The number of rotatable bonds is 11. The summed E-state index contributed by atoms with van der Waals surface area (Å²) in [4.78, 5) is 24.1. The Balaban J connectivity index is 1.95. The molecule has 4 nitrogen and oxygen atoms in total. The van der Waals surface area contributed by atoms with E-state index in [1.807, 2.05) is 37.3 Å². The lowest BCUT2D eigenvalue weighted by Crippen LogP contribution is -2.40. The molecule has 1 unspecified atom stereocenters. The van der Waals surface area contributed by atoms with Gasteiger partial charge in [-0.25, -0.2) is 4.79 Å². The number of unbranched alkanes of at least 4 members (excludes halogenated alkanes) is 3. The van der Waals surface area contributed by atoms with Gasteiger partial charge >= 0.3 is 12.1 Å². The Bertz CT molecular complexity index is 801. The Morgan fingerprint density at radius 2 is 1.60 bits per heavy atom. The zero-order chi connectivity index (χ0) is 22.0. The number of halogens is 3. The van der Waals surface area contributed by atoms with Gasteiger partial charge in [-0.2, -0.15) is 13.2 Å². The van der Waals surface area contributed by atoms with Crippen LogP contribution in [-0.4, -0.2) is 24.0 Å². The summed E-state index contributed by atoms with van der Waals surface area (Å²) in [5, 5.41) is 0. The molecule has 2 aromatic rings. The summed E-state index contributed by atoms with van der Waals surface area (Å²) >= 11 is 0. The van der Waals surface area contributed by atoms with Gasteiger partial charge in [-0.3, -0.25) is 4.79 Å². The Morgan fingerprint density at radius 1 is 0.933 bits per heavy atom. The largest absolute Gasteiger partial charge is 0.489 e. The van der Waals surface area contributed by atoms with Crippen LogP contribution in [0.3, 0.4) is 0 Å². The minimum atomic E-state index is -4.95. The third kappa shape index (κ3) is 7.54. The van der Waals surface area contributed by atoms with E-state index in [0.717, 1.165) is 18.4 Å². The maximum absolute atomic E-state index is 13.2. The molecule has 0 heterocycles. The van der Waals surface area contributed by atoms with Crippen LogP contribution in [0.2, 0.25) is 0 Å². The zero-order valence-corrected chi connectivity index (χ0v) is 16.8. The molecule has 0 aliphatic rings. The summed E-state index contributed by atoms with van der Waals surface area (Å²) in [5.41, 5.74) is 0.863. The molecule has 1 atom stereocenters. The fraction of sp³-hybridized carbons (Fsp3) is 0.391. The van der Waals surface area contributed by atoms with Gasteiger partial charge in [0, 0.05) is 6.42 Å². The number of alkyl halides is 3. The monoisotopic (exact) mass is 422 g/mol. The average molecular weight is 422 g/mol. The quantitative estimate of drug-likeness (QED) is 0.335. The lowest BCUT2D eigenvalue weighted by atomic mass is 10.1. The standard InChI is InChI=1S/C23H25F3O4/c1-2-3-4-8-11-20(27)21(23(24,25)26)30-22(28)18-12-14-19(15-13-18)29-16-17-9-6-5-7-10-17/h5-7,9-10,12-15,21H,2-4,8,11,16H2,1H3. The first kappa shape index (κ1) is 23.4. The van der Waals surface area contributed by atoms with Crippen LogP contribution in [0.5, 0.6) is 5.75 Å². The van der Waals surface area contributed by atoms with Crippen LogP contribution < -0.4 is 4.74 Å². The van der Waals surface area contributed by atoms with E-state index < -0.39 is 24.0 Å². The Labute approximate surface area is 174 Å². The second kappa shape index (κ2) is 11.4. The van der Waals surface area contributed by atoms with Gasteiger partial charge in [0.25, 0.3) is 6.10 Å². The molecule has 0 aliphatic heterocycles. The number of Topliss-reactive ketones (excluding diaryl/α,β-unsaturated/α-hetero) is 1. The molecule has 0 N–H and O–H groups in total. The molecule has 30 heavy (non-hydrogen) atoms. The first-order valence-corrected chi connectivity index (χ1v) is 9.88. The molecular weight excluding hydrogens is 397 g/mol. The van der Waals surface area contributed by atoms with E-state index in [1.54, 1.807) is 0 Å². The van der Waals surface area contributed by atoms with Crippen molar-refractivity contribution in [2.75, 3.05) is 0 Å². The van der Waals surface area contributed by atoms with Gasteiger partial charge in [-0.05, 0) is 36.2 Å². The fourth-order valence-corrected chi connectivity index (χ4v) is 2.78. The van der Waals surface area contributed by atoms with Crippen molar-refractivity contribution in [2.45, 2.75) is 57.9 Å². The molecule has 0 bridgehead atoms. The SMILES string of the molecule is CCCCCCC(=O)C(OC(=O)c1ccc(OCc2ccccc2)cc1)C(F)(F)F. The normalized spacial score (nSPS) is 12.3. The Hall–Kier alpha value is -2.83. The van der Waals surface area contributed by atoms with Crippen LogP contribution >= 0.6 is 0 Å². The minimum absolute atomic E-state index is 0.0879. The highest BCUT2D eigenvalue weighted by atomic mass is 19.4. The second-order valence-corrected chi connectivity index (χ2v) is 6.90. The van der Waals surface area contributed by atoms with E-state index in [4.69, 9.17) is 4.74 Å². The van der Waals surface area contributed by atoms with Crippen molar-refractivity contribution in [2.24, 2.45) is 0 Å². The van der Waals surface area contributed by atoms with Crippen molar-refractivity contribution >= 4 is 11.8 Å². The summed E-state index contributed by atoms with van der Waals surface area (Å²) in [6.45, 7) is 2.27. The third-order valence-corrected chi connectivity index (χ3v) is 4.43. The molecule has 0 saturated heterocycles. The summed E-state index contributed by atoms with van der Waals surface area (Å²) in [5.74, 6) is -1.88. The lowest BCUT2D eigenvalue weighted by Gasteiger charge is -2.19. The van der Waals surface area contributed by atoms with Crippen molar-refractivity contribution in [1.82, 2.24) is 0 Å². The van der Waals surface area contributed by atoms with Crippen LogP contribution in [-0.2, 0) is 16.1 Å². The first-order chi connectivity index (χ1) is 14.3. The zero-order valence-electron chi connectivity index (χ0n) is 16.8. The minimum Gasteiger partial charge on any atom is -0.489 e.